The largest absolute Gasteiger partial charge is 0.326 e. The Hall–Kier alpha value is -1.40. The highest BCUT2D eigenvalue weighted by atomic mass is 32.2. The van der Waals surface area contributed by atoms with Crippen LogP contribution in [0.3, 0.4) is 0 Å². The smallest absolute Gasteiger partial charge is 0.209 e. The van der Waals surface area contributed by atoms with Crippen LogP contribution in [-0.4, -0.2) is 20.2 Å². The van der Waals surface area contributed by atoms with Gasteiger partial charge in [-0.3, -0.25) is 0 Å². The number of aryl methyl sites for hydroxylation is 2. The summed E-state index contributed by atoms with van der Waals surface area (Å²) in [6, 6.07) is 6.32. The van der Waals surface area contributed by atoms with Crippen LogP contribution in [0.5, 0.6) is 0 Å². The average molecular weight is 249 g/mol. The molecular weight excluding hydrogens is 234 g/mol. The zero-order valence-corrected chi connectivity index (χ0v) is 10.7. The molecule has 0 saturated heterocycles. The second-order valence-corrected chi connectivity index (χ2v) is 4.78. The molecule has 0 aliphatic rings. The molecule has 17 heavy (non-hydrogen) atoms. The molecule has 6 heteroatoms. The highest BCUT2D eigenvalue weighted by Crippen LogP contribution is 2.22. The lowest BCUT2D eigenvalue weighted by Crippen LogP contribution is -1.98. The van der Waals surface area contributed by atoms with Gasteiger partial charge in [-0.15, -0.1) is 5.10 Å². The maximum atomic E-state index is 5.60. The first-order valence-electron chi connectivity index (χ1n) is 5.34. The standard InChI is InChI=1S/C11H15N5S/c1-8-5-9(6-12)3-4-10(8)7-17-11-13-14-15-16(11)2/h3-5H,6-7,12H2,1-2H3. The summed E-state index contributed by atoms with van der Waals surface area (Å²) in [6.45, 7) is 2.69. The molecule has 0 bridgehead atoms. The van der Waals surface area contributed by atoms with E-state index < -0.39 is 0 Å². The number of hydrogen-bond donors (Lipinski definition) is 1. The number of nitrogens with two attached hydrogens (primary N) is 1. The Morgan fingerprint density at radius 2 is 2.24 bits per heavy atom. The van der Waals surface area contributed by atoms with E-state index in [1.54, 1.807) is 16.4 Å². The Bertz CT molecular complexity index is 508. The van der Waals surface area contributed by atoms with Crippen LogP contribution in [0, 0.1) is 6.92 Å². The molecule has 0 atom stereocenters. The van der Waals surface area contributed by atoms with Gasteiger partial charge in [-0.05, 0) is 34.0 Å². The zero-order valence-electron chi connectivity index (χ0n) is 9.92. The van der Waals surface area contributed by atoms with Gasteiger partial charge >= 0.3 is 0 Å². The number of aromatic nitrogens is 4. The van der Waals surface area contributed by atoms with Crippen molar-refractivity contribution in [1.29, 1.82) is 0 Å². The molecule has 0 radical (unpaired) electrons. The third-order valence-corrected chi connectivity index (χ3v) is 3.64. The average Bonchev–Trinajstić information content (AvgIpc) is 2.73. The lowest BCUT2D eigenvalue weighted by Gasteiger charge is -2.06. The maximum Gasteiger partial charge on any atom is 0.209 e. The number of benzene rings is 1. The quantitative estimate of drug-likeness (QED) is 0.826. The number of thioether (sulfide) groups is 1. The molecular formula is C11H15N5S. The van der Waals surface area contributed by atoms with Crippen LogP contribution in [-0.2, 0) is 19.3 Å². The molecule has 0 aliphatic heterocycles. The Balaban J connectivity index is 2.07. The molecule has 0 unspecified atom stereocenters. The fraction of sp³-hybridized carbons (Fsp3) is 0.364. The monoisotopic (exact) mass is 249 g/mol. The highest BCUT2D eigenvalue weighted by Gasteiger charge is 2.05. The second-order valence-electron chi connectivity index (χ2n) is 3.84. The first-order valence-corrected chi connectivity index (χ1v) is 6.33. The summed E-state index contributed by atoms with van der Waals surface area (Å²) in [5.74, 6) is 0.866. The van der Waals surface area contributed by atoms with Crippen molar-refractivity contribution in [2.24, 2.45) is 12.8 Å². The van der Waals surface area contributed by atoms with Gasteiger partial charge in [0.1, 0.15) is 0 Å². The van der Waals surface area contributed by atoms with E-state index in [9.17, 15) is 0 Å². The molecule has 0 amide bonds. The summed E-state index contributed by atoms with van der Waals surface area (Å²) in [6.07, 6.45) is 0. The topological polar surface area (TPSA) is 69.6 Å². The summed E-state index contributed by atoms with van der Waals surface area (Å²) >= 11 is 1.63. The molecule has 90 valence electrons. The maximum absolute atomic E-state index is 5.60. The fourth-order valence-corrected chi connectivity index (χ4v) is 2.46. The molecule has 0 spiro atoms. The van der Waals surface area contributed by atoms with Crippen molar-refractivity contribution >= 4 is 11.8 Å². The van der Waals surface area contributed by atoms with Crippen molar-refractivity contribution in [3.05, 3.63) is 34.9 Å². The predicted molar refractivity (Wildman–Crippen MR) is 67.4 cm³/mol. The van der Waals surface area contributed by atoms with Crippen LogP contribution in [0.2, 0.25) is 0 Å². The SMILES string of the molecule is Cc1cc(CN)ccc1CSc1nnnn1C. The van der Waals surface area contributed by atoms with E-state index >= 15 is 0 Å². The van der Waals surface area contributed by atoms with E-state index in [0.29, 0.717) is 6.54 Å². The Morgan fingerprint density at radius 3 is 2.82 bits per heavy atom. The third kappa shape index (κ3) is 2.83. The first-order chi connectivity index (χ1) is 8.20. The summed E-state index contributed by atoms with van der Waals surface area (Å²) in [5, 5.41) is 12.2. The van der Waals surface area contributed by atoms with Crippen LogP contribution < -0.4 is 5.73 Å². The zero-order chi connectivity index (χ0) is 12.3. The Labute approximate surface area is 104 Å². The summed E-state index contributed by atoms with van der Waals surface area (Å²) in [4.78, 5) is 0. The Kier molecular flexibility index (Phi) is 3.75. The minimum Gasteiger partial charge on any atom is -0.326 e. The number of tetrazole rings is 1. The third-order valence-electron chi connectivity index (χ3n) is 2.58. The van der Waals surface area contributed by atoms with Gasteiger partial charge < -0.3 is 5.73 Å². The van der Waals surface area contributed by atoms with Crippen molar-refractivity contribution in [2.75, 3.05) is 0 Å². The van der Waals surface area contributed by atoms with Crippen LogP contribution in [0.15, 0.2) is 23.4 Å². The lowest BCUT2D eigenvalue weighted by atomic mass is 10.1. The van der Waals surface area contributed by atoms with Crippen molar-refractivity contribution in [1.82, 2.24) is 20.2 Å². The van der Waals surface area contributed by atoms with E-state index in [2.05, 4.69) is 40.6 Å². The molecule has 0 saturated carbocycles. The lowest BCUT2D eigenvalue weighted by molar-refractivity contribution is 0.664. The summed E-state index contributed by atoms with van der Waals surface area (Å²) in [7, 11) is 1.84. The van der Waals surface area contributed by atoms with Gasteiger partial charge in [-0.2, -0.15) is 0 Å². The van der Waals surface area contributed by atoms with Crippen LogP contribution in [0.1, 0.15) is 16.7 Å². The van der Waals surface area contributed by atoms with Crippen molar-refractivity contribution in [3.8, 4) is 0 Å². The molecule has 1 heterocycles. The summed E-state index contributed by atoms with van der Waals surface area (Å²) < 4.78 is 1.67. The van der Waals surface area contributed by atoms with Crippen molar-refractivity contribution in [2.45, 2.75) is 24.4 Å². The molecule has 0 fully saturated rings. The molecule has 2 aromatic rings. The summed E-state index contributed by atoms with van der Waals surface area (Å²) in [5.41, 5.74) is 9.32. The van der Waals surface area contributed by atoms with Crippen LogP contribution in [0.25, 0.3) is 0 Å². The van der Waals surface area contributed by atoms with Gasteiger partial charge in [0.05, 0.1) is 0 Å². The molecule has 2 N–H and O–H groups in total. The van der Waals surface area contributed by atoms with Gasteiger partial charge in [-0.1, -0.05) is 30.0 Å². The normalized spacial score (nSPS) is 10.8. The van der Waals surface area contributed by atoms with E-state index in [1.165, 1.54) is 11.1 Å². The Morgan fingerprint density at radius 1 is 1.41 bits per heavy atom. The van der Waals surface area contributed by atoms with Crippen LogP contribution in [0.4, 0.5) is 0 Å². The number of rotatable bonds is 4. The molecule has 2 rings (SSSR count). The van der Waals surface area contributed by atoms with Gasteiger partial charge in [0.15, 0.2) is 0 Å². The predicted octanol–water partition coefficient (Wildman–Crippen LogP) is 1.27. The van der Waals surface area contributed by atoms with Gasteiger partial charge in [-0.25, -0.2) is 4.68 Å². The second kappa shape index (κ2) is 5.29. The van der Waals surface area contributed by atoms with Gasteiger partial charge in [0, 0.05) is 19.3 Å². The van der Waals surface area contributed by atoms with Crippen LogP contribution >= 0.6 is 11.8 Å². The fourth-order valence-electron chi connectivity index (χ4n) is 1.53. The van der Waals surface area contributed by atoms with Gasteiger partial charge in [0.25, 0.3) is 0 Å². The van der Waals surface area contributed by atoms with E-state index in [4.69, 9.17) is 5.73 Å². The van der Waals surface area contributed by atoms with Crippen molar-refractivity contribution < 1.29 is 0 Å². The molecule has 0 aliphatic carbocycles. The van der Waals surface area contributed by atoms with E-state index in [-0.39, 0.29) is 0 Å². The van der Waals surface area contributed by atoms with Crippen molar-refractivity contribution in [3.63, 3.8) is 0 Å². The minimum absolute atomic E-state index is 0.585. The highest BCUT2D eigenvalue weighted by molar-refractivity contribution is 7.98. The molecule has 1 aromatic carbocycles. The van der Waals surface area contributed by atoms with E-state index in [1.807, 2.05) is 7.05 Å². The van der Waals surface area contributed by atoms with Gasteiger partial charge in [0.2, 0.25) is 5.16 Å². The molecule has 5 nitrogen and oxygen atoms in total. The number of nitrogens with zero attached hydrogens (tertiary/aromatic N) is 4. The van der Waals surface area contributed by atoms with E-state index in [0.717, 1.165) is 16.5 Å². The first kappa shape index (κ1) is 12.1. The number of hydrogen-bond acceptors (Lipinski definition) is 5. The molecule has 1 aromatic heterocycles. The minimum atomic E-state index is 0.585.